The van der Waals surface area contributed by atoms with Gasteiger partial charge in [-0.15, -0.1) is 0 Å². The monoisotopic (exact) mass is 486 g/mol. The van der Waals surface area contributed by atoms with E-state index in [1.807, 2.05) is 26.0 Å². The van der Waals surface area contributed by atoms with Gasteiger partial charge in [-0.2, -0.15) is 8.42 Å². The molecule has 0 aromatic heterocycles. The molecule has 4 aliphatic rings. The molecule has 1 aromatic carbocycles. The number of fused-ring (bicyclic) bond motifs is 2. The van der Waals surface area contributed by atoms with Crippen molar-refractivity contribution in [2.24, 2.45) is 5.41 Å². The summed E-state index contributed by atoms with van der Waals surface area (Å²) in [5.41, 5.74) is 0.932. The third kappa shape index (κ3) is 5.11. The largest absolute Gasteiger partial charge is 0.385 e. The first-order valence-corrected chi connectivity index (χ1v) is 13.8. The molecule has 3 aliphatic carbocycles. The van der Waals surface area contributed by atoms with Crippen LogP contribution in [0.3, 0.4) is 0 Å². The van der Waals surface area contributed by atoms with Gasteiger partial charge in [-0.05, 0) is 77.3 Å². The van der Waals surface area contributed by atoms with Gasteiger partial charge in [0.25, 0.3) is 10.1 Å². The van der Waals surface area contributed by atoms with Crippen molar-refractivity contribution in [1.82, 2.24) is 0 Å². The zero-order valence-electron chi connectivity index (χ0n) is 20.6. The van der Waals surface area contributed by atoms with Crippen LogP contribution in [0.2, 0.25) is 0 Å². The lowest BCUT2D eigenvalue weighted by molar-refractivity contribution is -0.0592. The number of aryl methyl sites for hydroxylation is 1. The molecule has 1 N–H and O–H groups in total. The number of ether oxygens (including phenoxy) is 1. The van der Waals surface area contributed by atoms with E-state index in [1.165, 1.54) is 12.0 Å². The maximum atomic E-state index is 12.5. The number of allylic oxidation sites excluding steroid dienone is 4. The Morgan fingerprint density at radius 1 is 1.06 bits per heavy atom. The molecule has 6 heteroatoms. The summed E-state index contributed by atoms with van der Waals surface area (Å²) in [5, 5.41) is 10.8. The van der Waals surface area contributed by atoms with E-state index in [0.717, 1.165) is 37.7 Å². The number of aliphatic hydroxyl groups is 1. The van der Waals surface area contributed by atoms with E-state index < -0.39 is 27.2 Å². The molecule has 2 fully saturated rings. The molecule has 1 saturated heterocycles. The zero-order chi connectivity index (χ0) is 24.6. The Morgan fingerprint density at radius 2 is 1.76 bits per heavy atom. The minimum atomic E-state index is -3.81. The molecular formula is C28H38O5S. The summed E-state index contributed by atoms with van der Waals surface area (Å²) in [4.78, 5) is 0.170. The highest BCUT2D eigenvalue weighted by Crippen LogP contribution is 2.54. The fourth-order valence-electron chi connectivity index (χ4n) is 5.51. The van der Waals surface area contributed by atoms with E-state index in [-0.39, 0.29) is 10.5 Å². The molecule has 5 atom stereocenters. The molecule has 1 aromatic rings. The number of rotatable bonds is 3. The van der Waals surface area contributed by atoms with Crippen LogP contribution in [0, 0.1) is 12.3 Å². The third-order valence-corrected chi connectivity index (χ3v) is 9.52. The van der Waals surface area contributed by atoms with Gasteiger partial charge >= 0.3 is 0 Å². The third-order valence-electron chi connectivity index (χ3n) is 8.19. The molecule has 0 amide bonds. The molecule has 5 nitrogen and oxygen atoms in total. The van der Waals surface area contributed by atoms with Crippen molar-refractivity contribution in [3.05, 3.63) is 66.3 Å². The molecule has 0 radical (unpaired) electrons. The van der Waals surface area contributed by atoms with Crippen molar-refractivity contribution in [2.45, 2.75) is 100 Å². The fourth-order valence-corrected chi connectivity index (χ4v) is 6.70. The molecule has 1 saturated carbocycles. The van der Waals surface area contributed by atoms with E-state index in [9.17, 15) is 13.5 Å². The van der Waals surface area contributed by atoms with Gasteiger partial charge in [0.2, 0.25) is 0 Å². The average molecular weight is 487 g/mol. The smallest absolute Gasteiger partial charge is 0.297 e. The van der Waals surface area contributed by atoms with Crippen LogP contribution < -0.4 is 0 Å². The van der Waals surface area contributed by atoms with Crippen LogP contribution in [0.4, 0.5) is 0 Å². The van der Waals surface area contributed by atoms with Crippen molar-refractivity contribution in [1.29, 1.82) is 0 Å². The van der Waals surface area contributed by atoms with Crippen LogP contribution >= 0.6 is 0 Å². The Labute approximate surface area is 204 Å². The topological polar surface area (TPSA) is 76.1 Å². The van der Waals surface area contributed by atoms with Gasteiger partial charge in [0.1, 0.15) is 0 Å². The quantitative estimate of drug-likeness (QED) is 0.333. The summed E-state index contributed by atoms with van der Waals surface area (Å²) in [6, 6.07) is 6.64. The Kier molecular flexibility index (Phi) is 7.00. The van der Waals surface area contributed by atoms with Crippen molar-refractivity contribution in [2.75, 3.05) is 0 Å². The van der Waals surface area contributed by atoms with Gasteiger partial charge in [0.15, 0.2) is 0 Å². The summed E-state index contributed by atoms with van der Waals surface area (Å²) in [6.45, 7) is 10.0. The highest BCUT2D eigenvalue weighted by atomic mass is 32.2. The molecule has 1 heterocycles. The Balaban J connectivity index is 0.000000192. The Bertz CT molecular complexity index is 1070. The van der Waals surface area contributed by atoms with Crippen molar-refractivity contribution >= 4 is 10.1 Å². The standard InChI is InChI=1S/C17H22O4S.C11H16O/c1-13-5-7-14(8-6-13)22(19,20)21-15-9-12-17(18)11-4-3-10-16(15,17)2;1-9-5-3-4-8-11(2)10(12-11)7-6-9/h4-8,11,15,18H,3,9-10,12H2,1-2H3;3,5,10H,1,4,6-8H2,2H3/b;5-3-/t15-,16+,17+;10-,11-/m00/s1. The highest BCUT2D eigenvalue weighted by Gasteiger charge is 2.57. The van der Waals surface area contributed by atoms with Crippen LogP contribution in [-0.2, 0) is 19.0 Å². The molecule has 34 heavy (non-hydrogen) atoms. The van der Waals surface area contributed by atoms with Gasteiger partial charge < -0.3 is 9.84 Å². The highest BCUT2D eigenvalue weighted by molar-refractivity contribution is 7.86. The summed E-state index contributed by atoms with van der Waals surface area (Å²) in [5.74, 6) is 0. The SMILES string of the molecule is C=C1/C=C\CC[C@]2(C)O[C@H]2CC1.Cc1ccc(S(=O)(=O)O[C@H]2CC[C@]3(O)C=CCC[C@]23C)cc1. The molecule has 0 bridgehead atoms. The molecular weight excluding hydrogens is 448 g/mol. The number of hydrogen-bond donors (Lipinski definition) is 1. The normalized spacial score (nSPS) is 37.8. The predicted octanol–water partition coefficient (Wildman–Crippen LogP) is 5.78. The number of epoxide rings is 1. The lowest BCUT2D eigenvalue weighted by atomic mass is 9.68. The summed E-state index contributed by atoms with van der Waals surface area (Å²) >= 11 is 0. The van der Waals surface area contributed by atoms with Crippen molar-refractivity contribution < 1.29 is 22.4 Å². The van der Waals surface area contributed by atoms with E-state index in [4.69, 9.17) is 8.92 Å². The second kappa shape index (κ2) is 9.38. The van der Waals surface area contributed by atoms with Crippen LogP contribution in [0.5, 0.6) is 0 Å². The van der Waals surface area contributed by atoms with Gasteiger partial charge in [0, 0.05) is 5.41 Å². The fraction of sp³-hybridized carbons (Fsp3) is 0.571. The van der Waals surface area contributed by atoms with Gasteiger partial charge in [-0.3, -0.25) is 4.18 Å². The second-order valence-electron chi connectivity index (χ2n) is 10.7. The van der Waals surface area contributed by atoms with Gasteiger partial charge in [-0.25, -0.2) is 0 Å². The van der Waals surface area contributed by atoms with E-state index in [2.05, 4.69) is 25.7 Å². The first-order valence-electron chi connectivity index (χ1n) is 12.4. The number of benzene rings is 1. The maximum Gasteiger partial charge on any atom is 0.297 e. The van der Waals surface area contributed by atoms with Crippen LogP contribution in [0.15, 0.2) is 65.6 Å². The molecule has 186 valence electrons. The molecule has 0 spiro atoms. The first-order chi connectivity index (χ1) is 16.0. The Morgan fingerprint density at radius 3 is 2.50 bits per heavy atom. The summed E-state index contributed by atoms with van der Waals surface area (Å²) in [7, 11) is -3.81. The minimum Gasteiger partial charge on any atom is -0.385 e. The lowest BCUT2D eigenvalue weighted by Crippen LogP contribution is -2.48. The number of hydrogen-bond acceptors (Lipinski definition) is 5. The first kappa shape index (κ1) is 25.4. The molecule has 5 rings (SSSR count). The van der Waals surface area contributed by atoms with Gasteiger partial charge in [-0.1, -0.05) is 61.1 Å². The summed E-state index contributed by atoms with van der Waals surface area (Å²) in [6.07, 6.45) is 15.4. The summed E-state index contributed by atoms with van der Waals surface area (Å²) < 4.78 is 36.2. The van der Waals surface area contributed by atoms with Gasteiger partial charge in [0.05, 0.1) is 28.3 Å². The average Bonchev–Trinajstić information content (AvgIpc) is 3.35. The molecule has 0 unspecified atom stereocenters. The van der Waals surface area contributed by atoms with Crippen molar-refractivity contribution in [3.8, 4) is 0 Å². The van der Waals surface area contributed by atoms with E-state index in [0.29, 0.717) is 18.9 Å². The predicted molar refractivity (Wildman–Crippen MR) is 134 cm³/mol. The lowest BCUT2D eigenvalue weighted by Gasteiger charge is -2.43. The Hall–Kier alpha value is -1.73. The van der Waals surface area contributed by atoms with Crippen LogP contribution in [0.1, 0.15) is 70.8 Å². The van der Waals surface area contributed by atoms with Crippen LogP contribution in [0.25, 0.3) is 0 Å². The maximum absolute atomic E-state index is 12.5. The van der Waals surface area contributed by atoms with E-state index in [1.54, 1.807) is 24.3 Å². The molecule has 1 aliphatic heterocycles. The second-order valence-corrected chi connectivity index (χ2v) is 12.3. The minimum absolute atomic E-state index is 0.170. The zero-order valence-corrected chi connectivity index (χ0v) is 21.4. The van der Waals surface area contributed by atoms with E-state index >= 15 is 0 Å². The van der Waals surface area contributed by atoms with Crippen molar-refractivity contribution in [3.63, 3.8) is 0 Å². The van der Waals surface area contributed by atoms with Crippen LogP contribution in [-0.4, -0.2) is 36.9 Å².